The van der Waals surface area contributed by atoms with Crippen LogP contribution < -0.4 is 0 Å². The molecule has 0 heterocycles. The minimum Gasteiger partial charge on any atom is -0.459 e. The van der Waals surface area contributed by atoms with Crippen LogP contribution >= 0.6 is 22.6 Å². The van der Waals surface area contributed by atoms with Crippen LogP contribution in [0.4, 0.5) is 8.78 Å². The van der Waals surface area contributed by atoms with Gasteiger partial charge in [-0.2, -0.15) is 8.78 Å². The van der Waals surface area contributed by atoms with Crippen molar-refractivity contribution in [3.8, 4) is 0 Å². The van der Waals surface area contributed by atoms with E-state index in [0.717, 1.165) is 12.8 Å². The van der Waals surface area contributed by atoms with Gasteiger partial charge >= 0.3 is 11.9 Å². The number of ether oxygens (including phenoxy) is 1. The molecule has 0 spiro atoms. The summed E-state index contributed by atoms with van der Waals surface area (Å²) in [6.07, 6.45) is 1.66. The highest BCUT2D eigenvalue weighted by Crippen LogP contribution is 2.28. The quantitative estimate of drug-likeness (QED) is 0.396. The van der Waals surface area contributed by atoms with E-state index in [0.29, 0.717) is 6.42 Å². The zero-order chi connectivity index (χ0) is 12.8. The number of rotatable bonds is 7. The molecule has 0 rings (SSSR count). The molecule has 1 atom stereocenters. The van der Waals surface area contributed by atoms with Crippen molar-refractivity contribution < 1.29 is 18.3 Å². The summed E-state index contributed by atoms with van der Waals surface area (Å²) in [5.41, 5.74) is 0. The largest absolute Gasteiger partial charge is 0.459 e. The number of carbonyl (C=O) groups excluding carboxylic acids is 1. The number of esters is 1. The Labute approximate surface area is 109 Å². The molecule has 0 aliphatic heterocycles. The topological polar surface area (TPSA) is 26.3 Å². The minimum absolute atomic E-state index is 0.188. The molecule has 2 nitrogen and oxygen atoms in total. The van der Waals surface area contributed by atoms with Crippen molar-refractivity contribution in [2.24, 2.45) is 0 Å². The van der Waals surface area contributed by atoms with Crippen molar-refractivity contribution in [3.05, 3.63) is 0 Å². The summed E-state index contributed by atoms with van der Waals surface area (Å²) < 4.78 is 31.1. The normalized spacial score (nSPS) is 13.9. The van der Waals surface area contributed by atoms with E-state index in [4.69, 9.17) is 0 Å². The first-order chi connectivity index (χ1) is 7.29. The number of hydrogen-bond acceptors (Lipinski definition) is 2. The Balaban J connectivity index is 4.16. The van der Waals surface area contributed by atoms with Crippen LogP contribution in [0.3, 0.4) is 0 Å². The van der Waals surface area contributed by atoms with E-state index in [-0.39, 0.29) is 3.92 Å². The maximum Gasteiger partial charge on any atom is 0.377 e. The lowest BCUT2D eigenvalue weighted by Crippen LogP contribution is -2.34. The molecule has 0 fully saturated rings. The molecule has 0 N–H and O–H groups in total. The molecular weight excluding hydrogens is 329 g/mol. The highest BCUT2D eigenvalue weighted by atomic mass is 127. The number of halogens is 3. The Morgan fingerprint density at radius 1 is 1.44 bits per heavy atom. The molecule has 16 heavy (non-hydrogen) atoms. The van der Waals surface area contributed by atoms with Gasteiger partial charge in [0.1, 0.15) is 0 Å². The molecule has 0 aromatic rings. The van der Waals surface area contributed by atoms with Crippen molar-refractivity contribution in [2.45, 2.75) is 62.4 Å². The molecule has 0 bridgehead atoms. The molecule has 0 amide bonds. The molecule has 0 saturated heterocycles. The molecule has 0 aliphatic rings. The van der Waals surface area contributed by atoms with E-state index in [9.17, 15) is 13.6 Å². The van der Waals surface area contributed by atoms with Gasteiger partial charge in [-0.15, -0.1) is 0 Å². The van der Waals surface area contributed by atoms with Crippen LogP contribution in [0, 0.1) is 0 Å². The van der Waals surface area contributed by atoms with E-state index >= 15 is 0 Å². The Kier molecular flexibility index (Phi) is 7.43. The van der Waals surface area contributed by atoms with Crippen molar-refractivity contribution >= 4 is 28.6 Å². The van der Waals surface area contributed by atoms with Crippen LogP contribution in [0.15, 0.2) is 0 Å². The first-order valence-corrected chi connectivity index (χ1v) is 6.77. The average molecular weight is 348 g/mol. The number of alkyl halides is 3. The molecule has 96 valence electrons. The van der Waals surface area contributed by atoms with E-state index in [1.54, 1.807) is 13.8 Å². The standard InChI is InChI=1S/C11H19F2IO2/c1-4-5-6-9(14)7-11(12,13)10(15)16-8(2)3/h8-9H,4-7H2,1-3H3. The third-order valence-electron chi connectivity index (χ3n) is 1.99. The van der Waals surface area contributed by atoms with Crippen LogP contribution in [0.25, 0.3) is 0 Å². The zero-order valence-electron chi connectivity index (χ0n) is 9.93. The maximum absolute atomic E-state index is 13.4. The summed E-state index contributed by atoms with van der Waals surface area (Å²) in [7, 11) is 0. The first kappa shape index (κ1) is 16.1. The predicted molar refractivity (Wildman–Crippen MR) is 68.1 cm³/mol. The lowest BCUT2D eigenvalue weighted by molar-refractivity contribution is -0.176. The number of unbranched alkanes of at least 4 members (excludes halogenated alkanes) is 1. The Morgan fingerprint density at radius 2 is 2.00 bits per heavy atom. The monoisotopic (exact) mass is 348 g/mol. The van der Waals surface area contributed by atoms with Crippen LogP contribution in [-0.4, -0.2) is 21.9 Å². The fraction of sp³-hybridized carbons (Fsp3) is 0.909. The second-order valence-corrected chi connectivity index (χ2v) is 5.86. The summed E-state index contributed by atoms with van der Waals surface area (Å²) in [5.74, 6) is -4.76. The molecule has 0 aromatic heterocycles. The summed E-state index contributed by atoms with van der Waals surface area (Å²) in [6, 6.07) is 0. The average Bonchev–Trinajstić information content (AvgIpc) is 2.12. The second kappa shape index (κ2) is 7.40. The molecule has 0 saturated carbocycles. The Morgan fingerprint density at radius 3 is 2.44 bits per heavy atom. The van der Waals surface area contributed by atoms with Crippen molar-refractivity contribution in [1.82, 2.24) is 0 Å². The van der Waals surface area contributed by atoms with Gasteiger partial charge in [-0.25, -0.2) is 4.79 Å². The summed E-state index contributed by atoms with van der Waals surface area (Å²) in [5, 5.41) is 0. The lowest BCUT2D eigenvalue weighted by Gasteiger charge is -2.19. The van der Waals surface area contributed by atoms with E-state index in [1.165, 1.54) is 0 Å². The number of hydrogen-bond donors (Lipinski definition) is 0. The molecule has 0 aromatic carbocycles. The van der Waals surface area contributed by atoms with Crippen LogP contribution in [0.5, 0.6) is 0 Å². The Hall–Kier alpha value is 0.0600. The summed E-state index contributed by atoms with van der Waals surface area (Å²) in [4.78, 5) is 11.1. The van der Waals surface area contributed by atoms with E-state index < -0.39 is 24.4 Å². The van der Waals surface area contributed by atoms with Gasteiger partial charge < -0.3 is 4.74 Å². The van der Waals surface area contributed by atoms with Crippen LogP contribution in [0.2, 0.25) is 0 Å². The smallest absolute Gasteiger partial charge is 0.377 e. The van der Waals surface area contributed by atoms with E-state index in [1.807, 2.05) is 29.5 Å². The van der Waals surface area contributed by atoms with Gasteiger partial charge in [0, 0.05) is 10.3 Å². The van der Waals surface area contributed by atoms with Crippen molar-refractivity contribution in [2.75, 3.05) is 0 Å². The molecule has 1 unspecified atom stereocenters. The van der Waals surface area contributed by atoms with Crippen LogP contribution in [-0.2, 0) is 9.53 Å². The van der Waals surface area contributed by atoms with Crippen molar-refractivity contribution in [3.63, 3.8) is 0 Å². The second-order valence-electron chi connectivity index (χ2n) is 4.10. The van der Waals surface area contributed by atoms with Gasteiger partial charge in [-0.05, 0) is 20.3 Å². The third-order valence-corrected chi connectivity index (χ3v) is 3.05. The van der Waals surface area contributed by atoms with E-state index in [2.05, 4.69) is 4.74 Å². The summed E-state index contributed by atoms with van der Waals surface area (Å²) in [6.45, 7) is 5.13. The summed E-state index contributed by atoms with van der Waals surface area (Å²) >= 11 is 1.97. The van der Waals surface area contributed by atoms with Gasteiger partial charge in [-0.3, -0.25) is 0 Å². The Bertz CT molecular complexity index is 220. The highest BCUT2D eigenvalue weighted by molar-refractivity contribution is 14.1. The zero-order valence-corrected chi connectivity index (χ0v) is 12.1. The molecule has 5 heteroatoms. The first-order valence-electron chi connectivity index (χ1n) is 5.52. The van der Waals surface area contributed by atoms with Gasteiger partial charge in [0.05, 0.1) is 6.10 Å². The SMILES string of the molecule is CCCCC(I)CC(F)(F)C(=O)OC(C)C. The van der Waals surface area contributed by atoms with Crippen molar-refractivity contribution in [1.29, 1.82) is 0 Å². The molecule has 0 radical (unpaired) electrons. The third kappa shape index (κ3) is 6.60. The van der Waals surface area contributed by atoms with Gasteiger partial charge in [0.2, 0.25) is 0 Å². The minimum atomic E-state index is -3.36. The fourth-order valence-corrected chi connectivity index (χ4v) is 2.18. The van der Waals surface area contributed by atoms with Gasteiger partial charge in [-0.1, -0.05) is 42.4 Å². The molecular formula is C11H19F2IO2. The highest BCUT2D eigenvalue weighted by Gasteiger charge is 2.42. The number of carbonyl (C=O) groups is 1. The van der Waals surface area contributed by atoms with Gasteiger partial charge in [0.15, 0.2) is 0 Å². The molecule has 0 aliphatic carbocycles. The van der Waals surface area contributed by atoms with Crippen LogP contribution in [0.1, 0.15) is 46.5 Å². The lowest BCUT2D eigenvalue weighted by atomic mass is 10.1. The predicted octanol–water partition coefficient (Wildman–Crippen LogP) is 3.96. The fourth-order valence-electron chi connectivity index (χ4n) is 1.19. The maximum atomic E-state index is 13.4. The van der Waals surface area contributed by atoms with Gasteiger partial charge in [0.25, 0.3) is 0 Å².